The largest absolute Gasteiger partial charge is 0.366 e. The van der Waals surface area contributed by atoms with Gasteiger partial charge in [0.25, 0.3) is 11.6 Å². The minimum absolute atomic E-state index is 0.0242. The second-order valence-corrected chi connectivity index (χ2v) is 9.93. The van der Waals surface area contributed by atoms with Crippen molar-refractivity contribution in [3.8, 4) is 27.9 Å². The molecule has 10 nitrogen and oxygen atoms in total. The highest BCUT2D eigenvalue weighted by atomic mass is 35.5. The first kappa shape index (κ1) is 29.9. The van der Waals surface area contributed by atoms with Gasteiger partial charge in [-0.25, -0.2) is 13.5 Å². The number of carbonyl (C=O) groups is 1. The van der Waals surface area contributed by atoms with Crippen molar-refractivity contribution >= 4 is 29.1 Å². The van der Waals surface area contributed by atoms with Crippen molar-refractivity contribution in [3.05, 3.63) is 100 Å². The number of nitrogens with zero attached hydrogens (tertiary/aromatic N) is 6. The molecule has 16 heteroatoms. The Kier molecular flexibility index (Phi) is 8.62. The maximum atomic E-state index is 15.3. The molecule has 1 amide bonds. The SMILES string of the molecule is NC(=O)c1ccc(-c2cnn([C@@H](CCOC(F)F)c3ccc(-c4c(-n5cc(Cl)nn5)ccc(Cl)c4F)c[n+]3O)c2)cc1F. The third kappa shape index (κ3) is 6.30. The zero-order chi connectivity index (χ0) is 30.8. The summed E-state index contributed by atoms with van der Waals surface area (Å²) in [5.41, 5.74) is 6.22. The van der Waals surface area contributed by atoms with Gasteiger partial charge in [-0.3, -0.25) is 14.7 Å². The zero-order valence-electron chi connectivity index (χ0n) is 21.7. The number of pyridine rings is 1. The number of nitrogens with two attached hydrogens (primary N) is 1. The van der Waals surface area contributed by atoms with E-state index in [0.717, 1.165) is 6.07 Å². The Balaban J connectivity index is 1.54. The van der Waals surface area contributed by atoms with E-state index in [1.54, 1.807) is 0 Å². The molecule has 0 aliphatic heterocycles. The molecule has 43 heavy (non-hydrogen) atoms. The van der Waals surface area contributed by atoms with E-state index >= 15 is 4.39 Å². The monoisotopic (exact) mass is 636 g/mol. The van der Waals surface area contributed by atoms with E-state index in [1.807, 2.05) is 0 Å². The fourth-order valence-corrected chi connectivity index (χ4v) is 4.80. The second-order valence-electron chi connectivity index (χ2n) is 9.13. The van der Waals surface area contributed by atoms with Crippen molar-refractivity contribution < 1.29 is 37.0 Å². The molecule has 3 N–H and O–H groups in total. The lowest BCUT2D eigenvalue weighted by molar-refractivity contribution is -0.910. The van der Waals surface area contributed by atoms with Crippen LogP contribution < -0.4 is 10.5 Å². The molecule has 0 saturated carbocycles. The second kappa shape index (κ2) is 12.4. The van der Waals surface area contributed by atoms with E-state index in [4.69, 9.17) is 28.9 Å². The Morgan fingerprint density at radius 1 is 1.07 bits per heavy atom. The third-order valence-electron chi connectivity index (χ3n) is 6.50. The summed E-state index contributed by atoms with van der Waals surface area (Å²) < 4.78 is 63.0. The molecule has 0 radical (unpaired) electrons. The molecule has 0 bridgehead atoms. The normalized spacial score (nSPS) is 12.2. The summed E-state index contributed by atoms with van der Waals surface area (Å²) in [6, 6.07) is 8.70. The summed E-state index contributed by atoms with van der Waals surface area (Å²) >= 11 is 11.9. The van der Waals surface area contributed by atoms with Gasteiger partial charge in [0.1, 0.15) is 11.9 Å². The Labute approximate surface area is 250 Å². The number of carbonyl (C=O) groups excluding carboxylic acids is 1. The lowest BCUT2D eigenvalue weighted by Gasteiger charge is -2.15. The quantitative estimate of drug-likeness (QED) is 0.123. The molecule has 2 aromatic carbocycles. The summed E-state index contributed by atoms with van der Waals surface area (Å²) in [6.45, 7) is -3.44. The molecule has 0 aliphatic rings. The summed E-state index contributed by atoms with van der Waals surface area (Å²) in [6.07, 6.45) is 5.39. The van der Waals surface area contributed by atoms with Crippen LogP contribution in [0.15, 0.2) is 67.3 Å². The highest BCUT2D eigenvalue weighted by Crippen LogP contribution is 2.34. The van der Waals surface area contributed by atoms with E-state index in [-0.39, 0.29) is 44.7 Å². The Morgan fingerprint density at radius 3 is 2.49 bits per heavy atom. The molecule has 0 unspecified atom stereocenters. The van der Waals surface area contributed by atoms with Crippen molar-refractivity contribution in [1.82, 2.24) is 24.8 Å². The molecule has 5 rings (SSSR count). The molecular formula is C27H20Cl2F4N7O3+. The highest BCUT2D eigenvalue weighted by Gasteiger charge is 2.28. The number of alkyl halides is 2. The minimum Gasteiger partial charge on any atom is -0.366 e. The minimum atomic E-state index is -3.03. The van der Waals surface area contributed by atoms with Crippen LogP contribution in [0.1, 0.15) is 28.5 Å². The number of ether oxygens (including phenoxy) is 1. The van der Waals surface area contributed by atoms with Crippen molar-refractivity contribution in [2.75, 3.05) is 6.61 Å². The van der Waals surface area contributed by atoms with Crippen LogP contribution in [-0.4, -0.2) is 49.1 Å². The first-order valence-corrected chi connectivity index (χ1v) is 13.1. The standard InChI is InChI=1S/C27H19Cl2F4N7O3/c28-18-4-6-22(39-13-23(29)36-37-39)24(25(18)31)15-2-5-21(40(42)12-15)20(7-8-43-27(32)33)38-11-16(10-35-38)14-1-3-17(26(34)41)19(30)9-14/h1-6,9-13,20,27H,7-8H2,(H2-,34,41,42)/p+1/t20-/m0/s1. The van der Waals surface area contributed by atoms with Gasteiger partial charge >= 0.3 is 6.61 Å². The van der Waals surface area contributed by atoms with Gasteiger partial charge in [-0.15, -0.1) is 5.10 Å². The van der Waals surface area contributed by atoms with Crippen molar-refractivity contribution in [2.45, 2.75) is 19.1 Å². The molecule has 3 heterocycles. The number of rotatable bonds is 10. The first-order valence-electron chi connectivity index (χ1n) is 12.4. The van der Waals surface area contributed by atoms with Crippen molar-refractivity contribution in [3.63, 3.8) is 0 Å². The molecular weight excluding hydrogens is 617 g/mol. The van der Waals surface area contributed by atoms with Crippen LogP contribution in [0.3, 0.4) is 0 Å². The number of halogens is 6. The Bertz CT molecular complexity index is 1820. The Hall–Kier alpha value is -4.53. The van der Waals surface area contributed by atoms with Crippen LogP contribution in [0.25, 0.3) is 27.9 Å². The van der Waals surface area contributed by atoms with E-state index in [1.165, 1.54) is 70.5 Å². The highest BCUT2D eigenvalue weighted by molar-refractivity contribution is 6.31. The van der Waals surface area contributed by atoms with Crippen LogP contribution >= 0.6 is 23.2 Å². The van der Waals surface area contributed by atoms with Crippen LogP contribution in [0.4, 0.5) is 17.6 Å². The molecule has 0 aliphatic carbocycles. The van der Waals surface area contributed by atoms with E-state index in [0.29, 0.717) is 15.9 Å². The summed E-state index contributed by atoms with van der Waals surface area (Å²) in [4.78, 5) is 11.4. The molecule has 3 aromatic heterocycles. The van der Waals surface area contributed by atoms with Gasteiger partial charge in [0.2, 0.25) is 6.20 Å². The van der Waals surface area contributed by atoms with Gasteiger partial charge < -0.3 is 10.5 Å². The number of benzene rings is 2. The van der Waals surface area contributed by atoms with Gasteiger partial charge in [0.15, 0.2) is 11.0 Å². The lowest BCUT2D eigenvalue weighted by Crippen LogP contribution is -2.38. The smallest absolute Gasteiger partial charge is 0.345 e. The Morgan fingerprint density at radius 2 is 1.84 bits per heavy atom. The predicted molar refractivity (Wildman–Crippen MR) is 145 cm³/mol. The van der Waals surface area contributed by atoms with Crippen LogP contribution in [0.2, 0.25) is 10.2 Å². The first-order chi connectivity index (χ1) is 20.5. The summed E-state index contributed by atoms with van der Waals surface area (Å²) in [7, 11) is 0. The van der Waals surface area contributed by atoms with Gasteiger partial charge in [0.05, 0.1) is 46.4 Å². The van der Waals surface area contributed by atoms with Crippen LogP contribution in [0.5, 0.6) is 0 Å². The lowest BCUT2D eigenvalue weighted by atomic mass is 10.0. The van der Waals surface area contributed by atoms with Crippen molar-refractivity contribution in [2.24, 2.45) is 5.73 Å². The van der Waals surface area contributed by atoms with Gasteiger partial charge in [0, 0.05) is 29.0 Å². The maximum Gasteiger partial charge on any atom is 0.345 e. The third-order valence-corrected chi connectivity index (χ3v) is 6.96. The van der Waals surface area contributed by atoms with Gasteiger partial charge in [-0.2, -0.15) is 13.9 Å². The number of hydrogen-bond acceptors (Lipinski definition) is 6. The average molecular weight is 637 g/mol. The van der Waals surface area contributed by atoms with Crippen LogP contribution in [-0.2, 0) is 4.74 Å². The zero-order valence-corrected chi connectivity index (χ0v) is 23.2. The van der Waals surface area contributed by atoms with Crippen LogP contribution in [0, 0.1) is 11.6 Å². The van der Waals surface area contributed by atoms with Gasteiger partial charge in [-0.05, 0) is 35.9 Å². The van der Waals surface area contributed by atoms with E-state index in [2.05, 4.69) is 20.1 Å². The molecule has 0 fully saturated rings. The molecule has 222 valence electrons. The van der Waals surface area contributed by atoms with Gasteiger partial charge in [-0.1, -0.05) is 34.5 Å². The summed E-state index contributed by atoms with van der Waals surface area (Å²) in [5, 5.41) is 22.8. The number of primary amides is 1. The van der Waals surface area contributed by atoms with E-state index < -0.39 is 36.8 Å². The number of hydrogen-bond donors (Lipinski definition) is 2. The predicted octanol–water partition coefficient (Wildman–Crippen LogP) is 5.23. The fraction of sp³-hybridized carbons (Fsp3) is 0.148. The number of amides is 1. The summed E-state index contributed by atoms with van der Waals surface area (Å²) in [5.74, 6) is -2.56. The molecule has 1 atom stereocenters. The fourth-order valence-electron chi connectivity index (χ4n) is 4.52. The molecule has 5 aromatic rings. The maximum absolute atomic E-state index is 15.3. The van der Waals surface area contributed by atoms with Crippen molar-refractivity contribution in [1.29, 1.82) is 0 Å². The topological polar surface area (TPSA) is 125 Å². The molecule has 0 spiro atoms. The molecule has 0 saturated heterocycles. The average Bonchev–Trinajstić information content (AvgIpc) is 3.62. The number of aromatic nitrogens is 6. The van der Waals surface area contributed by atoms with E-state index in [9.17, 15) is 23.2 Å².